The van der Waals surface area contributed by atoms with Gasteiger partial charge in [-0.05, 0) is 31.0 Å². The van der Waals surface area contributed by atoms with Crippen LogP contribution in [0.5, 0.6) is 5.75 Å². The topological polar surface area (TPSA) is 48.2 Å². The van der Waals surface area contributed by atoms with Gasteiger partial charge in [0.25, 0.3) is 11.1 Å². The summed E-state index contributed by atoms with van der Waals surface area (Å²) in [4.78, 5) is 0. The summed E-state index contributed by atoms with van der Waals surface area (Å²) in [6.07, 6.45) is 2.33. The van der Waals surface area contributed by atoms with Crippen molar-refractivity contribution in [3.05, 3.63) is 35.7 Å². The summed E-state index contributed by atoms with van der Waals surface area (Å²) in [7, 11) is 0. The molecule has 5 heteroatoms. The van der Waals surface area contributed by atoms with E-state index in [2.05, 4.69) is 17.1 Å². The first kappa shape index (κ1) is 13.9. The van der Waals surface area contributed by atoms with Gasteiger partial charge in [0.2, 0.25) is 0 Å². The molecule has 0 aliphatic rings. The van der Waals surface area contributed by atoms with Crippen LogP contribution in [0.25, 0.3) is 0 Å². The molecule has 0 saturated heterocycles. The Hall–Kier alpha value is -1.49. The lowest BCUT2D eigenvalue weighted by Gasteiger charge is -2.03. The minimum atomic E-state index is 0.310. The van der Waals surface area contributed by atoms with E-state index in [-0.39, 0.29) is 0 Å². The number of aromatic nitrogens is 2. The molecule has 0 N–H and O–H groups in total. The largest absolute Gasteiger partial charge is 0.484 e. The van der Waals surface area contributed by atoms with Gasteiger partial charge in [0.05, 0.1) is 0 Å². The molecule has 2 rings (SSSR count). The lowest BCUT2D eigenvalue weighted by molar-refractivity contribution is 0.252. The fourth-order valence-electron chi connectivity index (χ4n) is 1.51. The maximum Gasteiger partial charge on any atom is 0.276 e. The van der Waals surface area contributed by atoms with Gasteiger partial charge in [0.15, 0.2) is 6.61 Å². The molecule has 0 spiro atoms. The van der Waals surface area contributed by atoms with Gasteiger partial charge in [-0.3, -0.25) is 0 Å². The van der Waals surface area contributed by atoms with Gasteiger partial charge in [-0.25, -0.2) is 0 Å². The lowest BCUT2D eigenvalue weighted by Crippen LogP contribution is -1.95. The second-order valence-corrected chi connectivity index (χ2v) is 5.32. The Morgan fingerprint density at radius 2 is 2.21 bits per heavy atom. The number of thioether (sulfide) groups is 1. The van der Waals surface area contributed by atoms with Crippen molar-refractivity contribution in [2.75, 3.05) is 5.75 Å². The maximum absolute atomic E-state index is 5.61. The zero-order valence-electron chi connectivity index (χ0n) is 11.3. The number of benzene rings is 1. The first-order valence-electron chi connectivity index (χ1n) is 6.42. The Morgan fingerprint density at radius 3 is 3.00 bits per heavy atom. The predicted molar refractivity (Wildman–Crippen MR) is 75.4 cm³/mol. The third kappa shape index (κ3) is 4.59. The Balaban J connectivity index is 1.83. The molecular formula is C14H18N2O2S. The van der Waals surface area contributed by atoms with Gasteiger partial charge in [-0.15, -0.1) is 10.2 Å². The zero-order chi connectivity index (χ0) is 13.5. The number of ether oxygens (including phenoxy) is 1. The van der Waals surface area contributed by atoms with Crippen LogP contribution >= 0.6 is 11.8 Å². The van der Waals surface area contributed by atoms with Crippen LogP contribution in [0.4, 0.5) is 0 Å². The monoisotopic (exact) mass is 278 g/mol. The van der Waals surface area contributed by atoms with Crippen molar-refractivity contribution in [3.63, 3.8) is 0 Å². The molecule has 0 atom stereocenters. The Morgan fingerprint density at radius 1 is 1.32 bits per heavy atom. The van der Waals surface area contributed by atoms with E-state index >= 15 is 0 Å². The third-order valence-electron chi connectivity index (χ3n) is 2.52. The molecule has 0 aliphatic carbocycles. The average molecular weight is 278 g/mol. The molecule has 1 heterocycles. The van der Waals surface area contributed by atoms with Gasteiger partial charge in [0, 0.05) is 5.75 Å². The van der Waals surface area contributed by atoms with Gasteiger partial charge < -0.3 is 9.15 Å². The van der Waals surface area contributed by atoms with Crippen molar-refractivity contribution < 1.29 is 9.15 Å². The summed E-state index contributed by atoms with van der Waals surface area (Å²) in [5, 5.41) is 8.58. The highest BCUT2D eigenvalue weighted by Crippen LogP contribution is 2.19. The van der Waals surface area contributed by atoms with Crippen LogP contribution in [0.1, 0.15) is 31.2 Å². The molecule has 0 amide bonds. The van der Waals surface area contributed by atoms with Crippen LogP contribution < -0.4 is 4.74 Å². The second kappa shape index (κ2) is 7.19. The van der Waals surface area contributed by atoms with Gasteiger partial charge in [-0.2, -0.15) is 0 Å². The maximum atomic E-state index is 5.61. The molecule has 19 heavy (non-hydrogen) atoms. The van der Waals surface area contributed by atoms with E-state index in [1.165, 1.54) is 12.0 Å². The Labute approximate surface area is 117 Å². The highest BCUT2D eigenvalue weighted by atomic mass is 32.2. The van der Waals surface area contributed by atoms with Crippen LogP contribution in [-0.2, 0) is 6.61 Å². The molecule has 0 bridgehead atoms. The number of hydrogen-bond acceptors (Lipinski definition) is 5. The SMILES string of the molecule is CCCCSc1nnc(COc2cccc(C)c2)o1. The molecule has 0 unspecified atom stereocenters. The molecule has 0 fully saturated rings. The lowest BCUT2D eigenvalue weighted by atomic mass is 10.2. The van der Waals surface area contributed by atoms with E-state index in [1.807, 2.05) is 31.2 Å². The van der Waals surface area contributed by atoms with E-state index in [0.717, 1.165) is 17.9 Å². The summed E-state index contributed by atoms with van der Waals surface area (Å²) < 4.78 is 11.1. The summed E-state index contributed by atoms with van der Waals surface area (Å²) >= 11 is 1.59. The van der Waals surface area contributed by atoms with Crippen molar-refractivity contribution in [2.24, 2.45) is 0 Å². The van der Waals surface area contributed by atoms with Crippen molar-refractivity contribution >= 4 is 11.8 Å². The van der Waals surface area contributed by atoms with Gasteiger partial charge >= 0.3 is 0 Å². The van der Waals surface area contributed by atoms with E-state index in [1.54, 1.807) is 11.8 Å². The number of hydrogen-bond donors (Lipinski definition) is 0. The first-order valence-corrected chi connectivity index (χ1v) is 7.41. The van der Waals surface area contributed by atoms with E-state index in [9.17, 15) is 0 Å². The number of rotatable bonds is 7. The Kier molecular flexibility index (Phi) is 5.27. The van der Waals surface area contributed by atoms with Crippen LogP contribution in [0.3, 0.4) is 0 Å². The van der Waals surface area contributed by atoms with Crippen molar-refractivity contribution in [3.8, 4) is 5.75 Å². The number of nitrogens with zero attached hydrogens (tertiary/aromatic N) is 2. The van der Waals surface area contributed by atoms with E-state index in [4.69, 9.17) is 9.15 Å². The average Bonchev–Trinajstić information content (AvgIpc) is 2.85. The number of unbranched alkanes of at least 4 members (excludes halogenated alkanes) is 1. The molecule has 0 radical (unpaired) electrons. The molecule has 1 aromatic carbocycles. The van der Waals surface area contributed by atoms with Gasteiger partial charge in [0.1, 0.15) is 5.75 Å². The van der Waals surface area contributed by atoms with Crippen LogP contribution in [0.15, 0.2) is 33.9 Å². The normalized spacial score (nSPS) is 10.6. The molecule has 102 valence electrons. The van der Waals surface area contributed by atoms with Crippen molar-refractivity contribution in [2.45, 2.75) is 38.5 Å². The quantitative estimate of drug-likeness (QED) is 0.568. The van der Waals surface area contributed by atoms with Crippen LogP contribution in [0.2, 0.25) is 0 Å². The fraction of sp³-hybridized carbons (Fsp3) is 0.429. The predicted octanol–water partition coefficient (Wildman–Crippen LogP) is 3.85. The summed E-state index contributed by atoms with van der Waals surface area (Å²) in [6, 6.07) is 7.89. The van der Waals surface area contributed by atoms with Gasteiger partial charge in [-0.1, -0.05) is 37.2 Å². The van der Waals surface area contributed by atoms with Crippen molar-refractivity contribution in [1.82, 2.24) is 10.2 Å². The smallest absolute Gasteiger partial charge is 0.276 e. The van der Waals surface area contributed by atoms with E-state index < -0.39 is 0 Å². The first-order chi connectivity index (χ1) is 9.28. The molecule has 2 aromatic rings. The minimum Gasteiger partial charge on any atom is -0.484 e. The van der Waals surface area contributed by atoms with Crippen LogP contribution in [0, 0.1) is 6.92 Å². The van der Waals surface area contributed by atoms with Crippen molar-refractivity contribution in [1.29, 1.82) is 0 Å². The third-order valence-corrected chi connectivity index (χ3v) is 3.43. The fourth-order valence-corrected chi connectivity index (χ4v) is 2.37. The second-order valence-electron chi connectivity index (χ2n) is 4.27. The van der Waals surface area contributed by atoms with Crippen LogP contribution in [-0.4, -0.2) is 16.0 Å². The minimum absolute atomic E-state index is 0.310. The summed E-state index contributed by atoms with van der Waals surface area (Å²) in [6.45, 7) is 4.50. The molecular weight excluding hydrogens is 260 g/mol. The summed E-state index contributed by atoms with van der Waals surface area (Å²) in [5.74, 6) is 2.34. The highest BCUT2D eigenvalue weighted by molar-refractivity contribution is 7.99. The summed E-state index contributed by atoms with van der Waals surface area (Å²) in [5.41, 5.74) is 1.17. The number of aryl methyl sites for hydroxylation is 1. The highest BCUT2D eigenvalue weighted by Gasteiger charge is 2.07. The molecule has 0 aliphatic heterocycles. The zero-order valence-corrected chi connectivity index (χ0v) is 12.1. The molecule has 1 aromatic heterocycles. The Bertz CT molecular complexity index is 514. The molecule has 4 nitrogen and oxygen atoms in total. The standard InChI is InChI=1S/C14H18N2O2S/c1-3-4-8-19-14-16-15-13(18-14)10-17-12-7-5-6-11(2)9-12/h5-7,9H,3-4,8,10H2,1-2H3. The molecule has 0 saturated carbocycles. The van der Waals surface area contributed by atoms with E-state index in [0.29, 0.717) is 17.7 Å².